The highest BCUT2D eigenvalue weighted by Crippen LogP contribution is 2.38. The second kappa shape index (κ2) is 9.79. The van der Waals surface area contributed by atoms with E-state index < -0.39 is 46.0 Å². The summed E-state index contributed by atoms with van der Waals surface area (Å²) in [7, 11) is 0. The van der Waals surface area contributed by atoms with E-state index in [0.29, 0.717) is 16.8 Å². The molecule has 0 aliphatic carbocycles. The maximum absolute atomic E-state index is 15.1. The normalized spacial score (nSPS) is 12.1. The highest BCUT2D eigenvalue weighted by atomic mass is 19.4. The van der Waals surface area contributed by atoms with Crippen LogP contribution >= 0.6 is 0 Å². The second-order valence-corrected chi connectivity index (χ2v) is 9.41. The van der Waals surface area contributed by atoms with Gasteiger partial charge in [0.15, 0.2) is 11.5 Å². The van der Waals surface area contributed by atoms with Gasteiger partial charge in [-0.3, -0.25) is 9.20 Å². The number of aliphatic hydroxyl groups is 1. The molecule has 5 rings (SSSR count). The Labute approximate surface area is 224 Å². The molecule has 1 amide bonds. The van der Waals surface area contributed by atoms with Crippen molar-refractivity contribution in [2.45, 2.75) is 25.6 Å². The molecule has 0 fully saturated rings. The zero-order chi connectivity index (χ0) is 28.8. The molecule has 5 aromatic rings. The number of hydrogen-bond donors (Lipinski definition) is 2. The number of rotatable bonds is 5. The number of anilines is 1. The van der Waals surface area contributed by atoms with Gasteiger partial charge in [-0.1, -0.05) is 12.1 Å². The Balaban J connectivity index is 1.67. The molecule has 40 heavy (non-hydrogen) atoms. The van der Waals surface area contributed by atoms with E-state index in [-0.39, 0.29) is 23.2 Å². The number of carbonyl (C=O) groups excluding carboxylic acids is 1. The lowest BCUT2D eigenvalue weighted by Gasteiger charge is -2.19. The first-order valence-electron chi connectivity index (χ1n) is 11.8. The smallest absolute Gasteiger partial charge is 0.384 e. The minimum atomic E-state index is -4.95. The number of nitrogens with one attached hydrogen (secondary N) is 1. The Hall–Kier alpha value is -4.71. The van der Waals surface area contributed by atoms with E-state index in [9.17, 15) is 27.5 Å². The highest BCUT2D eigenvalue weighted by Gasteiger charge is 2.36. The third-order valence-electron chi connectivity index (χ3n) is 6.16. The van der Waals surface area contributed by atoms with Crippen LogP contribution in [0.15, 0.2) is 73.3 Å². The molecule has 204 valence electrons. The number of halogens is 5. The molecule has 0 unspecified atom stereocenters. The molecule has 2 aromatic carbocycles. The average molecular weight is 553 g/mol. The first-order chi connectivity index (χ1) is 18.8. The maximum Gasteiger partial charge on any atom is 0.417 e. The van der Waals surface area contributed by atoms with Crippen molar-refractivity contribution in [3.05, 3.63) is 102 Å². The van der Waals surface area contributed by atoms with Gasteiger partial charge in [0.05, 0.1) is 28.7 Å². The van der Waals surface area contributed by atoms with Crippen molar-refractivity contribution in [2.24, 2.45) is 0 Å². The molecule has 0 bridgehead atoms. The molecule has 0 spiro atoms. The quantitative estimate of drug-likeness (QED) is 0.252. The number of hydrogen-bond acceptors (Lipinski definition) is 5. The SMILES string of the molecule is CC(C)(O)c1cnc2c(NC(=O)c3cc(-c4ncccn4)c(C(F)(F)F)cc3F)c(-c3ccc(F)cc3)ccn12. The van der Waals surface area contributed by atoms with Crippen LogP contribution in [-0.4, -0.2) is 30.4 Å². The third-order valence-corrected chi connectivity index (χ3v) is 6.16. The summed E-state index contributed by atoms with van der Waals surface area (Å²) in [6.45, 7) is 3.07. The number of fused-ring (bicyclic) bond motifs is 1. The maximum atomic E-state index is 15.1. The molecule has 12 heteroatoms. The molecule has 3 heterocycles. The standard InChI is InChI=1S/C28H20F5N5O2/c1-27(2,40)22-14-36-25-23(17(8-11-38(22)25)15-4-6-16(29)7-5-15)37-26(39)19-12-18(24-34-9-3-10-35-24)20(13-21(19)30)28(31,32)33/h3-14,40H,1-2H3,(H,37,39). The number of nitrogens with zero attached hydrogens (tertiary/aromatic N) is 4. The van der Waals surface area contributed by atoms with Gasteiger partial charge in [0, 0.05) is 29.7 Å². The molecular weight excluding hydrogens is 533 g/mol. The van der Waals surface area contributed by atoms with Crippen LogP contribution in [0, 0.1) is 11.6 Å². The Kier molecular flexibility index (Phi) is 6.58. The molecule has 2 N–H and O–H groups in total. The second-order valence-electron chi connectivity index (χ2n) is 9.41. The molecule has 3 aromatic heterocycles. The van der Waals surface area contributed by atoms with Gasteiger partial charge in [-0.2, -0.15) is 13.2 Å². The molecule has 7 nitrogen and oxygen atoms in total. The lowest BCUT2D eigenvalue weighted by Crippen LogP contribution is -2.19. The van der Waals surface area contributed by atoms with Crippen LogP contribution in [-0.2, 0) is 11.8 Å². The Morgan fingerprint density at radius 2 is 1.62 bits per heavy atom. The number of amides is 1. The Morgan fingerprint density at radius 3 is 2.25 bits per heavy atom. The van der Waals surface area contributed by atoms with Crippen molar-refractivity contribution >= 4 is 17.2 Å². The van der Waals surface area contributed by atoms with Gasteiger partial charge in [-0.05, 0) is 55.8 Å². The summed E-state index contributed by atoms with van der Waals surface area (Å²) >= 11 is 0. The number of benzene rings is 2. The molecule has 0 aliphatic heterocycles. The molecular formula is C28H20F5N5O2. The van der Waals surface area contributed by atoms with Crippen LogP contribution in [0.5, 0.6) is 0 Å². The molecule has 0 saturated carbocycles. The van der Waals surface area contributed by atoms with Crippen molar-refractivity contribution in [3.8, 4) is 22.5 Å². The molecule has 0 saturated heterocycles. The van der Waals surface area contributed by atoms with Crippen LogP contribution < -0.4 is 5.32 Å². The summed E-state index contributed by atoms with van der Waals surface area (Å²) in [5.41, 5.74) is -2.53. The molecule has 0 aliphatic rings. The third kappa shape index (κ3) is 5.00. The van der Waals surface area contributed by atoms with E-state index in [1.165, 1.54) is 67.2 Å². The lowest BCUT2D eigenvalue weighted by molar-refractivity contribution is -0.137. The van der Waals surface area contributed by atoms with Crippen LogP contribution in [0.1, 0.15) is 35.5 Å². The number of pyridine rings is 1. The number of aromatic nitrogens is 4. The van der Waals surface area contributed by atoms with Gasteiger partial charge in [-0.25, -0.2) is 23.7 Å². The summed E-state index contributed by atoms with van der Waals surface area (Å²) in [5.74, 6) is -3.34. The van der Waals surface area contributed by atoms with Gasteiger partial charge in [0.25, 0.3) is 5.91 Å². The number of alkyl halides is 3. The minimum Gasteiger partial charge on any atom is -0.384 e. The van der Waals surface area contributed by atoms with E-state index in [1.807, 2.05) is 0 Å². The molecule has 0 atom stereocenters. The van der Waals surface area contributed by atoms with Gasteiger partial charge in [0.1, 0.15) is 17.2 Å². The number of imidazole rings is 1. The fraction of sp³-hybridized carbons (Fsp3) is 0.143. The van der Waals surface area contributed by atoms with Crippen molar-refractivity contribution in [1.82, 2.24) is 19.4 Å². The van der Waals surface area contributed by atoms with Gasteiger partial charge in [-0.15, -0.1) is 0 Å². The fourth-order valence-corrected chi connectivity index (χ4v) is 4.28. The predicted molar refractivity (Wildman–Crippen MR) is 136 cm³/mol. The van der Waals surface area contributed by atoms with Crippen LogP contribution in [0.3, 0.4) is 0 Å². The minimum absolute atomic E-state index is 0.0615. The van der Waals surface area contributed by atoms with Crippen LogP contribution in [0.2, 0.25) is 0 Å². The Morgan fingerprint density at radius 1 is 0.950 bits per heavy atom. The zero-order valence-corrected chi connectivity index (χ0v) is 21.0. The summed E-state index contributed by atoms with van der Waals surface area (Å²) in [5, 5.41) is 13.1. The number of carbonyl (C=O) groups is 1. The Bertz CT molecular complexity index is 1730. The topological polar surface area (TPSA) is 92.4 Å². The molecule has 0 radical (unpaired) electrons. The monoisotopic (exact) mass is 553 g/mol. The van der Waals surface area contributed by atoms with Crippen molar-refractivity contribution in [1.29, 1.82) is 0 Å². The van der Waals surface area contributed by atoms with Gasteiger partial charge in [0.2, 0.25) is 0 Å². The summed E-state index contributed by atoms with van der Waals surface area (Å²) in [6, 6.07) is 9.29. The van der Waals surface area contributed by atoms with Crippen LogP contribution in [0.25, 0.3) is 28.2 Å². The predicted octanol–water partition coefficient (Wildman–Crippen LogP) is 6.24. The highest BCUT2D eigenvalue weighted by molar-refractivity contribution is 6.09. The van der Waals surface area contributed by atoms with E-state index in [2.05, 4.69) is 20.3 Å². The van der Waals surface area contributed by atoms with E-state index in [0.717, 1.165) is 6.07 Å². The van der Waals surface area contributed by atoms with Gasteiger partial charge >= 0.3 is 6.18 Å². The van der Waals surface area contributed by atoms with Crippen molar-refractivity contribution in [2.75, 3.05) is 5.32 Å². The lowest BCUT2D eigenvalue weighted by atomic mass is 10.0. The summed E-state index contributed by atoms with van der Waals surface area (Å²) < 4.78 is 71.5. The first kappa shape index (κ1) is 26.9. The largest absolute Gasteiger partial charge is 0.417 e. The summed E-state index contributed by atoms with van der Waals surface area (Å²) in [6.07, 6.45) is 0.477. The first-order valence-corrected chi connectivity index (χ1v) is 11.8. The van der Waals surface area contributed by atoms with Crippen molar-refractivity contribution in [3.63, 3.8) is 0 Å². The van der Waals surface area contributed by atoms with E-state index >= 15 is 4.39 Å². The zero-order valence-electron chi connectivity index (χ0n) is 21.0. The van der Waals surface area contributed by atoms with E-state index in [1.54, 1.807) is 12.3 Å². The van der Waals surface area contributed by atoms with Crippen molar-refractivity contribution < 1.29 is 31.9 Å². The van der Waals surface area contributed by atoms with E-state index in [4.69, 9.17) is 0 Å². The van der Waals surface area contributed by atoms with Gasteiger partial charge < -0.3 is 10.4 Å². The fourth-order valence-electron chi connectivity index (χ4n) is 4.28. The summed E-state index contributed by atoms with van der Waals surface area (Å²) in [4.78, 5) is 25.4. The van der Waals surface area contributed by atoms with Crippen LogP contribution in [0.4, 0.5) is 27.6 Å². The average Bonchev–Trinajstić information content (AvgIpc) is 3.35.